The molecule has 0 saturated carbocycles. The number of nitrogens with one attached hydrogen (secondary N) is 1. The van der Waals surface area contributed by atoms with Gasteiger partial charge in [-0.15, -0.1) is 0 Å². The van der Waals surface area contributed by atoms with Gasteiger partial charge >= 0.3 is 0 Å². The lowest BCUT2D eigenvalue weighted by molar-refractivity contribution is -0.117. The lowest BCUT2D eigenvalue weighted by Crippen LogP contribution is -2.37. The third kappa shape index (κ3) is 3.47. The highest BCUT2D eigenvalue weighted by Crippen LogP contribution is 2.47. The first-order valence-corrected chi connectivity index (χ1v) is 10.6. The molecular formula is C26H22FN3O2. The maximum Gasteiger partial charge on any atom is 0.224 e. The Morgan fingerprint density at radius 3 is 2.53 bits per heavy atom. The van der Waals surface area contributed by atoms with Gasteiger partial charge in [0.05, 0.1) is 17.4 Å². The molecule has 2 atom stereocenters. The van der Waals surface area contributed by atoms with Gasteiger partial charge in [-0.1, -0.05) is 30.3 Å². The Morgan fingerprint density at radius 2 is 1.81 bits per heavy atom. The highest BCUT2D eigenvalue weighted by Gasteiger charge is 2.40. The average Bonchev–Trinajstić information content (AvgIpc) is 2.94. The summed E-state index contributed by atoms with van der Waals surface area (Å²) in [6.45, 7) is 1.51. The zero-order valence-electron chi connectivity index (χ0n) is 17.6. The molecule has 2 aromatic carbocycles. The second-order valence-corrected chi connectivity index (χ2v) is 8.19. The molecule has 0 saturated heterocycles. The molecule has 6 heteroatoms. The van der Waals surface area contributed by atoms with Crippen LogP contribution < -0.4 is 10.2 Å². The molecule has 160 valence electrons. The number of anilines is 2. The number of fused-ring (bicyclic) bond motifs is 1. The first kappa shape index (κ1) is 20.1. The Labute approximate surface area is 185 Å². The number of rotatable bonds is 2. The van der Waals surface area contributed by atoms with Crippen LogP contribution in [-0.2, 0) is 9.59 Å². The number of hydrogen-bond acceptors (Lipinski definition) is 4. The Morgan fingerprint density at radius 1 is 1.03 bits per heavy atom. The van der Waals surface area contributed by atoms with E-state index in [1.165, 1.54) is 19.1 Å². The van der Waals surface area contributed by atoms with E-state index >= 15 is 0 Å². The van der Waals surface area contributed by atoms with Crippen LogP contribution in [0.4, 0.5) is 15.8 Å². The van der Waals surface area contributed by atoms with Crippen molar-refractivity contribution in [3.05, 3.63) is 101 Å². The molecule has 0 radical (unpaired) electrons. The summed E-state index contributed by atoms with van der Waals surface area (Å²) in [5.74, 6) is -0.553. The van der Waals surface area contributed by atoms with Crippen LogP contribution in [0.3, 0.4) is 0 Å². The van der Waals surface area contributed by atoms with Crippen molar-refractivity contribution >= 4 is 23.1 Å². The van der Waals surface area contributed by atoms with Gasteiger partial charge in [-0.3, -0.25) is 19.5 Å². The third-order valence-electron chi connectivity index (χ3n) is 6.17. The number of nitrogens with zero attached hydrogens (tertiary/aromatic N) is 2. The van der Waals surface area contributed by atoms with Crippen molar-refractivity contribution < 1.29 is 14.0 Å². The smallest absolute Gasteiger partial charge is 0.224 e. The molecule has 0 unspecified atom stereocenters. The second kappa shape index (κ2) is 8.04. The fourth-order valence-corrected chi connectivity index (χ4v) is 4.76. The van der Waals surface area contributed by atoms with E-state index in [1.54, 1.807) is 29.4 Å². The summed E-state index contributed by atoms with van der Waals surface area (Å²) in [6, 6.07) is 17.0. The molecule has 2 heterocycles. The van der Waals surface area contributed by atoms with Gasteiger partial charge in [-0.25, -0.2) is 4.39 Å². The van der Waals surface area contributed by atoms with Gasteiger partial charge < -0.3 is 5.32 Å². The number of pyridine rings is 1. The number of amides is 1. The lowest BCUT2D eigenvalue weighted by Gasteiger charge is -2.34. The summed E-state index contributed by atoms with van der Waals surface area (Å²) in [5.41, 5.74) is 4.57. The third-order valence-corrected chi connectivity index (χ3v) is 6.17. The van der Waals surface area contributed by atoms with E-state index in [0.29, 0.717) is 18.4 Å². The number of allylic oxidation sites excluding steroid dienone is 1. The Kier molecular flexibility index (Phi) is 5.05. The van der Waals surface area contributed by atoms with Gasteiger partial charge in [-0.05, 0) is 53.8 Å². The largest absolute Gasteiger partial charge is 0.357 e. The molecule has 32 heavy (non-hydrogen) atoms. The molecule has 5 nitrogen and oxygen atoms in total. The molecule has 1 aliphatic carbocycles. The number of carbonyl (C=O) groups is 2. The van der Waals surface area contributed by atoms with Crippen LogP contribution in [0.2, 0.25) is 0 Å². The average molecular weight is 427 g/mol. The Hall–Kier alpha value is -3.80. The van der Waals surface area contributed by atoms with E-state index in [4.69, 9.17) is 0 Å². The van der Waals surface area contributed by atoms with E-state index in [0.717, 1.165) is 28.2 Å². The number of aromatic nitrogens is 1. The van der Waals surface area contributed by atoms with Gasteiger partial charge in [0.15, 0.2) is 5.78 Å². The zero-order valence-corrected chi connectivity index (χ0v) is 17.6. The van der Waals surface area contributed by atoms with Gasteiger partial charge in [-0.2, -0.15) is 0 Å². The van der Waals surface area contributed by atoms with E-state index in [2.05, 4.69) is 10.3 Å². The first-order chi connectivity index (χ1) is 15.5. The molecule has 5 rings (SSSR count). The predicted molar refractivity (Wildman–Crippen MR) is 121 cm³/mol. The highest BCUT2D eigenvalue weighted by atomic mass is 19.1. The quantitative estimate of drug-likeness (QED) is 0.615. The van der Waals surface area contributed by atoms with Crippen LogP contribution in [0, 0.1) is 5.82 Å². The summed E-state index contributed by atoms with van der Waals surface area (Å²) in [5, 5.41) is 3.46. The molecular weight excluding hydrogens is 405 g/mol. The van der Waals surface area contributed by atoms with Crippen molar-refractivity contribution in [1.82, 2.24) is 4.98 Å². The maximum absolute atomic E-state index is 13.6. The lowest BCUT2D eigenvalue weighted by atomic mass is 9.78. The van der Waals surface area contributed by atoms with Gasteiger partial charge in [0.1, 0.15) is 5.82 Å². The molecule has 1 N–H and O–H groups in total. The fraction of sp³-hybridized carbons (Fsp3) is 0.192. The second-order valence-electron chi connectivity index (χ2n) is 8.19. The normalized spacial score (nSPS) is 20.2. The van der Waals surface area contributed by atoms with E-state index in [1.807, 2.05) is 36.4 Å². The summed E-state index contributed by atoms with van der Waals surface area (Å²) >= 11 is 0. The highest BCUT2D eigenvalue weighted by molar-refractivity contribution is 6.05. The number of hydrogen-bond donors (Lipinski definition) is 1. The number of halogens is 1. The number of benzene rings is 2. The number of para-hydroxylation sites is 2. The monoisotopic (exact) mass is 427 g/mol. The molecule has 3 aromatic rings. The van der Waals surface area contributed by atoms with Crippen molar-refractivity contribution in [3.63, 3.8) is 0 Å². The van der Waals surface area contributed by atoms with Gasteiger partial charge in [0.25, 0.3) is 0 Å². The molecule has 1 aliphatic heterocycles. The van der Waals surface area contributed by atoms with Crippen LogP contribution >= 0.6 is 0 Å². The minimum atomic E-state index is -0.575. The molecule has 2 aliphatic rings. The minimum Gasteiger partial charge on any atom is -0.357 e. The van der Waals surface area contributed by atoms with Crippen LogP contribution in [0.1, 0.15) is 42.9 Å². The zero-order chi connectivity index (χ0) is 22.2. The Bertz CT molecular complexity index is 1220. The minimum absolute atomic E-state index is 0.0269. The van der Waals surface area contributed by atoms with Crippen LogP contribution in [0.25, 0.3) is 0 Å². The van der Waals surface area contributed by atoms with Crippen LogP contribution in [0.15, 0.2) is 84.3 Å². The number of Topliss-reactive ketones (excluding diaryl/α,β-unsaturated/α-hetero) is 1. The fourth-order valence-electron chi connectivity index (χ4n) is 4.76. The summed E-state index contributed by atoms with van der Waals surface area (Å²) in [7, 11) is 0. The predicted octanol–water partition coefficient (Wildman–Crippen LogP) is 5.14. The molecule has 0 fully saturated rings. The van der Waals surface area contributed by atoms with Crippen LogP contribution in [0.5, 0.6) is 0 Å². The van der Waals surface area contributed by atoms with Gasteiger partial charge in [0, 0.05) is 37.0 Å². The SMILES string of the molecule is CC(=O)N1c2ccccc2NC2=C(C(=O)C[C@H](c3ccc(F)cc3)C2)[C@H]1c1cccnc1. The van der Waals surface area contributed by atoms with Crippen molar-refractivity contribution in [2.24, 2.45) is 0 Å². The summed E-state index contributed by atoms with van der Waals surface area (Å²) in [4.78, 5) is 32.4. The topological polar surface area (TPSA) is 62.3 Å². The van der Waals surface area contributed by atoms with Crippen molar-refractivity contribution in [2.75, 3.05) is 10.2 Å². The maximum atomic E-state index is 13.6. The van der Waals surface area contributed by atoms with Crippen molar-refractivity contribution in [3.8, 4) is 0 Å². The van der Waals surface area contributed by atoms with E-state index in [9.17, 15) is 14.0 Å². The number of carbonyl (C=O) groups excluding carboxylic acids is 2. The number of ketones is 1. The van der Waals surface area contributed by atoms with Crippen molar-refractivity contribution in [1.29, 1.82) is 0 Å². The Balaban J connectivity index is 1.68. The molecule has 1 aromatic heterocycles. The van der Waals surface area contributed by atoms with Crippen LogP contribution in [-0.4, -0.2) is 16.7 Å². The van der Waals surface area contributed by atoms with E-state index in [-0.39, 0.29) is 23.4 Å². The summed E-state index contributed by atoms with van der Waals surface area (Å²) < 4.78 is 13.4. The van der Waals surface area contributed by atoms with E-state index < -0.39 is 6.04 Å². The summed E-state index contributed by atoms with van der Waals surface area (Å²) in [6.07, 6.45) is 4.26. The van der Waals surface area contributed by atoms with Gasteiger partial charge in [0.2, 0.25) is 5.91 Å². The molecule has 0 bridgehead atoms. The molecule has 1 amide bonds. The molecule has 0 spiro atoms. The standard InChI is InChI=1S/C26H22FN3O2/c1-16(31)30-23-7-3-2-6-21(23)29-22-13-19(17-8-10-20(27)11-9-17)14-24(32)25(22)26(30)18-5-4-12-28-15-18/h2-12,15,19,26,29H,13-14H2,1H3/t19-,26-/m1/s1. The first-order valence-electron chi connectivity index (χ1n) is 10.6. The van der Waals surface area contributed by atoms with Crippen molar-refractivity contribution in [2.45, 2.75) is 31.7 Å².